The molecular formula is C24H40CuIN6O7. The van der Waals surface area contributed by atoms with Crippen molar-refractivity contribution in [2.75, 3.05) is 34.0 Å². The molecule has 1 rings (SSSR count). The van der Waals surface area contributed by atoms with Gasteiger partial charge in [-0.3, -0.25) is 19.1 Å². The molecule has 0 unspecified atom stereocenters. The number of carbonyl (C=O) groups is 3. The van der Waals surface area contributed by atoms with E-state index >= 15 is 0 Å². The molecule has 0 saturated carbocycles. The Morgan fingerprint density at radius 3 is 2.05 bits per heavy atom. The third-order valence-electron chi connectivity index (χ3n) is 4.37. The minimum atomic E-state index is -0.458. The number of halogens is 1. The predicted molar refractivity (Wildman–Crippen MR) is 150 cm³/mol. The van der Waals surface area contributed by atoms with Crippen molar-refractivity contribution in [1.82, 2.24) is 15.0 Å². The second kappa shape index (κ2) is 33.8. The molecule has 1 aromatic heterocycles. The fraction of sp³-hybridized carbons (Fsp3) is 0.708. The molecule has 1 aromatic rings. The van der Waals surface area contributed by atoms with Gasteiger partial charge in [0.05, 0.1) is 20.4 Å². The number of terminal acetylenes is 1. The monoisotopic (exact) mass is 714 g/mol. The van der Waals surface area contributed by atoms with Crippen LogP contribution in [0.1, 0.15) is 75.7 Å². The molecule has 226 valence electrons. The number of hydrogen-bond donors (Lipinski definition) is 0. The fourth-order valence-electron chi connectivity index (χ4n) is 2.52. The van der Waals surface area contributed by atoms with Crippen LogP contribution in [-0.2, 0) is 47.8 Å². The first-order valence-corrected chi connectivity index (χ1v) is 15.3. The maximum atomic E-state index is 10.8. The first kappa shape index (κ1) is 41.3. The number of ether oxygens (including phenoxy) is 4. The van der Waals surface area contributed by atoms with Crippen molar-refractivity contribution in [3.8, 4) is 12.3 Å². The van der Waals surface area contributed by atoms with E-state index < -0.39 is 6.29 Å². The van der Waals surface area contributed by atoms with Gasteiger partial charge >= 0.3 is 45.0 Å². The molecule has 0 spiro atoms. The van der Waals surface area contributed by atoms with Gasteiger partial charge in [-0.25, -0.2) is 0 Å². The van der Waals surface area contributed by atoms with Crippen LogP contribution in [0.5, 0.6) is 0 Å². The summed E-state index contributed by atoms with van der Waals surface area (Å²) in [6, 6.07) is 0. The van der Waals surface area contributed by atoms with E-state index in [1.165, 1.54) is 14.2 Å². The van der Waals surface area contributed by atoms with E-state index in [0.717, 1.165) is 38.5 Å². The number of aldehydes is 1. The Bertz CT molecular complexity index is 826. The van der Waals surface area contributed by atoms with Crippen molar-refractivity contribution < 1.29 is 46.1 Å². The van der Waals surface area contributed by atoms with E-state index in [2.05, 4.69) is 48.5 Å². The first-order chi connectivity index (χ1) is 18.9. The van der Waals surface area contributed by atoms with Crippen molar-refractivity contribution in [2.24, 2.45) is 5.11 Å². The number of azide groups is 1. The zero-order valence-corrected chi connectivity index (χ0v) is 26.1. The Morgan fingerprint density at radius 1 is 1.10 bits per heavy atom. The Labute approximate surface area is 250 Å². The van der Waals surface area contributed by atoms with Gasteiger partial charge in [0.1, 0.15) is 5.69 Å². The van der Waals surface area contributed by atoms with Crippen LogP contribution in [0.15, 0.2) is 11.3 Å². The Kier molecular flexibility index (Phi) is 35.8. The van der Waals surface area contributed by atoms with Crippen LogP contribution < -0.4 is 0 Å². The van der Waals surface area contributed by atoms with Crippen LogP contribution in [0.4, 0.5) is 0 Å². The first-order valence-electron chi connectivity index (χ1n) is 12.2. The quantitative estimate of drug-likeness (QED) is 0.0211. The summed E-state index contributed by atoms with van der Waals surface area (Å²) >= 11 is 5.87. The zero-order valence-electron chi connectivity index (χ0n) is 23.0. The predicted octanol–water partition coefficient (Wildman–Crippen LogP) is 4.76. The molecule has 0 radical (unpaired) electrons. The van der Waals surface area contributed by atoms with Gasteiger partial charge in [0.15, 0.2) is 6.29 Å². The minimum absolute atomic E-state index is 0.177. The van der Waals surface area contributed by atoms with E-state index in [0.29, 0.717) is 51.1 Å². The summed E-state index contributed by atoms with van der Waals surface area (Å²) in [6.45, 7) is 6.16. The van der Waals surface area contributed by atoms with E-state index in [1.54, 1.807) is 31.2 Å². The number of hydrogen-bond acceptors (Lipinski definition) is 10. The second-order valence-corrected chi connectivity index (χ2v) is 7.16. The van der Waals surface area contributed by atoms with Crippen molar-refractivity contribution in [2.45, 2.75) is 78.0 Å². The summed E-state index contributed by atoms with van der Waals surface area (Å²) in [5, 5.41) is 10.8. The van der Waals surface area contributed by atoms with Gasteiger partial charge in [0.25, 0.3) is 0 Å². The molecule has 1 heterocycles. The van der Waals surface area contributed by atoms with Gasteiger partial charge in [-0.05, 0) is 51.0 Å². The number of methoxy groups -OCH3 is 2. The summed E-state index contributed by atoms with van der Waals surface area (Å²) in [5.74, 6) is 2.00. The number of nitrogens with zero attached hydrogens (tertiary/aromatic N) is 6. The molecule has 0 aromatic carbocycles. The van der Waals surface area contributed by atoms with Crippen LogP contribution in [-0.4, -0.2) is 73.5 Å². The fourth-order valence-corrected chi connectivity index (χ4v) is 2.52. The third kappa shape index (κ3) is 30.2. The van der Waals surface area contributed by atoms with Crippen molar-refractivity contribution in [3.63, 3.8) is 0 Å². The average molecular weight is 715 g/mol. The van der Waals surface area contributed by atoms with Crippen LogP contribution in [0.3, 0.4) is 0 Å². The standard InChI is InChI=1S/C10H15N3O3.C7H13N3O2.C7H12O2.Cu.HI/c1-16-10(15)5-3-2-4-6-13-7-9(8-14)11-12-13;1-12-7(11)5-3-2-4-6-9-10-8;1-4-7(8-5-2)9-6-3;;/h7-8H,2-6H2,1H3;2-6H2,1H3;1,7H,5-6H2,2-3H3;;1H/q;;;+1;/p-1. The molecule has 15 heteroatoms. The van der Waals surface area contributed by atoms with Gasteiger partial charge in [0.2, 0.25) is 6.29 Å². The molecule has 0 bridgehead atoms. The Morgan fingerprint density at radius 2 is 1.64 bits per heavy atom. The molecular weight excluding hydrogens is 675 g/mol. The van der Waals surface area contributed by atoms with Gasteiger partial charge in [-0.2, -0.15) is 0 Å². The number of aromatic nitrogens is 3. The van der Waals surface area contributed by atoms with Gasteiger partial charge in [-0.1, -0.05) is 23.2 Å². The van der Waals surface area contributed by atoms with Gasteiger partial charge in [0, 0.05) is 44.1 Å². The summed E-state index contributed by atoms with van der Waals surface area (Å²) in [5.41, 5.74) is 8.28. The maximum absolute atomic E-state index is 10.8. The number of rotatable bonds is 17. The molecule has 0 saturated heterocycles. The molecule has 0 N–H and O–H groups in total. The van der Waals surface area contributed by atoms with Crippen molar-refractivity contribution in [3.05, 3.63) is 22.3 Å². The molecule has 0 aliphatic carbocycles. The molecule has 0 fully saturated rings. The SMILES string of the molecule is C#CC(OCC)OCC.COC(=O)CCCCCN=[N+]=[N-].COC(=O)CCCCCn1cc(C=O)nn1.[Cu][I]. The molecule has 0 aliphatic heterocycles. The molecule has 39 heavy (non-hydrogen) atoms. The number of carbonyl (C=O) groups excluding carboxylic acids is 3. The Balaban J connectivity index is -0.000000503. The average Bonchev–Trinajstić information content (AvgIpc) is 3.44. The normalized spacial score (nSPS) is 9.21. The second-order valence-electron chi connectivity index (χ2n) is 7.16. The van der Waals surface area contributed by atoms with Crippen molar-refractivity contribution >= 4 is 38.6 Å². The summed E-state index contributed by atoms with van der Waals surface area (Å²) in [6.07, 6.45) is 12.9. The molecule has 0 amide bonds. The van der Waals surface area contributed by atoms with Gasteiger partial charge < -0.3 is 18.9 Å². The summed E-state index contributed by atoms with van der Waals surface area (Å²) in [4.78, 5) is 34.3. The Hall–Kier alpha value is -2.21. The van der Waals surface area contributed by atoms with Crippen LogP contribution in [0.25, 0.3) is 10.4 Å². The number of unbranched alkanes of at least 4 members (excludes halogenated alkanes) is 4. The number of aryl methyl sites for hydroxylation is 1. The van der Waals surface area contributed by atoms with E-state index in [-0.39, 0.29) is 11.9 Å². The van der Waals surface area contributed by atoms with E-state index in [4.69, 9.17) is 21.4 Å². The molecule has 13 nitrogen and oxygen atoms in total. The van der Waals surface area contributed by atoms with Crippen LogP contribution in [0.2, 0.25) is 0 Å². The third-order valence-corrected chi connectivity index (χ3v) is 4.37. The van der Waals surface area contributed by atoms with Crippen molar-refractivity contribution in [1.29, 1.82) is 0 Å². The summed E-state index contributed by atoms with van der Waals surface area (Å²) in [7, 11) is 2.76. The van der Waals surface area contributed by atoms with Crippen LogP contribution in [0, 0.1) is 12.3 Å². The van der Waals surface area contributed by atoms with E-state index in [1.807, 2.05) is 13.8 Å². The zero-order chi connectivity index (χ0) is 30.2. The van der Waals surface area contributed by atoms with Crippen LogP contribution >= 0.6 is 20.3 Å². The molecule has 0 atom stereocenters. The van der Waals surface area contributed by atoms with E-state index in [9.17, 15) is 14.4 Å². The number of esters is 2. The van der Waals surface area contributed by atoms with Gasteiger partial charge in [-0.15, -0.1) is 11.5 Å². The topological polar surface area (TPSA) is 168 Å². The molecule has 0 aliphatic rings. The summed E-state index contributed by atoms with van der Waals surface area (Å²) < 4.78 is 20.6.